The van der Waals surface area contributed by atoms with Crippen molar-refractivity contribution in [1.82, 2.24) is 0 Å². The molecule has 1 unspecified atom stereocenters. The lowest BCUT2D eigenvalue weighted by molar-refractivity contribution is 0.0734. The molecule has 1 saturated carbocycles. The van der Waals surface area contributed by atoms with Crippen LogP contribution in [0, 0.1) is 23.6 Å². The van der Waals surface area contributed by atoms with Gasteiger partial charge in [0.25, 0.3) is 0 Å². The average molecular weight is 368 g/mol. The van der Waals surface area contributed by atoms with Gasteiger partial charge in [0, 0.05) is 0 Å². The number of halogens is 1. The Balaban J connectivity index is 1.53. The van der Waals surface area contributed by atoms with Crippen molar-refractivity contribution in [2.45, 2.75) is 52.4 Å². The molecule has 1 atom stereocenters. The second-order valence-corrected chi connectivity index (χ2v) is 7.91. The van der Waals surface area contributed by atoms with Gasteiger partial charge in [-0.15, -0.1) is 0 Å². The maximum Gasteiger partial charge on any atom is 0.343 e. The van der Waals surface area contributed by atoms with Crippen molar-refractivity contribution in [3.05, 3.63) is 65.5 Å². The number of ether oxygens (including phenoxy) is 1. The van der Waals surface area contributed by atoms with Gasteiger partial charge in [-0.25, -0.2) is 9.18 Å². The van der Waals surface area contributed by atoms with E-state index in [1.807, 2.05) is 24.3 Å². The van der Waals surface area contributed by atoms with Gasteiger partial charge in [-0.1, -0.05) is 45.2 Å². The molecular formula is C24H29FO2. The quantitative estimate of drug-likeness (QED) is 0.433. The van der Waals surface area contributed by atoms with Crippen LogP contribution in [0.25, 0.3) is 0 Å². The van der Waals surface area contributed by atoms with Crippen LogP contribution < -0.4 is 4.74 Å². The van der Waals surface area contributed by atoms with Crippen molar-refractivity contribution in [1.29, 1.82) is 0 Å². The highest BCUT2D eigenvalue weighted by Gasteiger charge is 2.24. The summed E-state index contributed by atoms with van der Waals surface area (Å²) >= 11 is 0. The largest absolute Gasteiger partial charge is 0.423 e. The van der Waals surface area contributed by atoms with Crippen LogP contribution in [0.2, 0.25) is 0 Å². The summed E-state index contributed by atoms with van der Waals surface area (Å²) in [7, 11) is 0. The van der Waals surface area contributed by atoms with Crippen molar-refractivity contribution in [3.63, 3.8) is 0 Å². The summed E-state index contributed by atoms with van der Waals surface area (Å²) in [4.78, 5) is 12.2. The molecule has 1 aliphatic carbocycles. The van der Waals surface area contributed by atoms with Gasteiger partial charge in [0.15, 0.2) is 0 Å². The van der Waals surface area contributed by atoms with Crippen molar-refractivity contribution < 1.29 is 13.9 Å². The molecule has 3 rings (SSSR count). The third-order valence-electron chi connectivity index (χ3n) is 6.05. The fourth-order valence-corrected chi connectivity index (χ4v) is 4.15. The second-order valence-electron chi connectivity index (χ2n) is 7.91. The number of hydrogen-bond acceptors (Lipinski definition) is 2. The molecule has 0 spiro atoms. The van der Waals surface area contributed by atoms with Crippen molar-refractivity contribution in [2.24, 2.45) is 17.8 Å². The number of carbonyl (C=O) groups excluding carboxylic acids is 1. The lowest BCUT2D eigenvalue weighted by atomic mass is 9.74. The fourth-order valence-electron chi connectivity index (χ4n) is 4.15. The molecule has 0 aliphatic heterocycles. The van der Waals surface area contributed by atoms with E-state index in [9.17, 15) is 9.18 Å². The minimum absolute atomic E-state index is 0.349. The third-order valence-corrected chi connectivity index (χ3v) is 6.05. The first-order valence-electron chi connectivity index (χ1n) is 10.1. The SMILES string of the molecule is CCC1CCC(C(C)Cc2ccc(C(=O)Oc3ccc(F)cc3)cc2)CC1. The molecule has 1 aliphatic rings. The maximum absolute atomic E-state index is 12.9. The fraction of sp³-hybridized carbons (Fsp3) is 0.458. The summed E-state index contributed by atoms with van der Waals surface area (Å²) in [5, 5.41) is 0. The first-order chi connectivity index (χ1) is 13.0. The summed E-state index contributed by atoms with van der Waals surface area (Å²) in [6.45, 7) is 4.66. The molecule has 0 N–H and O–H groups in total. The minimum atomic E-state index is -0.418. The highest BCUT2D eigenvalue weighted by Crippen LogP contribution is 2.35. The zero-order valence-corrected chi connectivity index (χ0v) is 16.3. The first kappa shape index (κ1) is 19.6. The highest BCUT2D eigenvalue weighted by molar-refractivity contribution is 5.91. The number of rotatable bonds is 6. The topological polar surface area (TPSA) is 26.3 Å². The van der Waals surface area contributed by atoms with Crippen molar-refractivity contribution in [3.8, 4) is 5.75 Å². The summed E-state index contributed by atoms with van der Waals surface area (Å²) < 4.78 is 18.2. The van der Waals surface area contributed by atoms with Crippen LogP contribution in [-0.4, -0.2) is 5.97 Å². The molecule has 0 radical (unpaired) electrons. The normalized spacial score (nSPS) is 20.9. The molecule has 3 heteroatoms. The molecule has 2 aromatic rings. The number of esters is 1. The van der Waals surface area contributed by atoms with E-state index in [4.69, 9.17) is 4.74 Å². The number of hydrogen-bond donors (Lipinski definition) is 0. The van der Waals surface area contributed by atoms with Gasteiger partial charge in [0.1, 0.15) is 11.6 Å². The Morgan fingerprint density at radius 3 is 2.26 bits per heavy atom. The van der Waals surface area contributed by atoms with Crippen LogP contribution in [0.15, 0.2) is 48.5 Å². The molecule has 1 fully saturated rings. The smallest absolute Gasteiger partial charge is 0.343 e. The minimum Gasteiger partial charge on any atom is -0.423 e. The maximum atomic E-state index is 12.9. The van der Waals surface area contributed by atoms with Crippen LogP contribution in [0.3, 0.4) is 0 Å². The van der Waals surface area contributed by atoms with Crippen LogP contribution in [0.1, 0.15) is 61.9 Å². The molecular weight excluding hydrogens is 339 g/mol. The third kappa shape index (κ3) is 5.41. The van der Waals surface area contributed by atoms with Crippen molar-refractivity contribution in [2.75, 3.05) is 0 Å². The zero-order chi connectivity index (χ0) is 19.2. The Bertz CT molecular complexity index is 728. The molecule has 144 valence electrons. The second kappa shape index (κ2) is 9.16. The molecule has 2 nitrogen and oxygen atoms in total. The Morgan fingerprint density at radius 2 is 1.67 bits per heavy atom. The zero-order valence-electron chi connectivity index (χ0n) is 16.3. The van der Waals surface area contributed by atoms with E-state index in [0.29, 0.717) is 17.2 Å². The standard InChI is InChI=1S/C24H29FO2/c1-3-18-4-8-20(9-5-18)17(2)16-19-6-10-21(11-7-19)24(26)27-23-14-12-22(25)13-15-23/h6-7,10-15,17-18,20H,3-5,8-9,16H2,1-2H3. The lowest BCUT2D eigenvalue weighted by Gasteiger charge is -2.32. The van der Waals surface area contributed by atoms with Gasteiger partial charge in [0.2, 0.25) is 0 Å². The van der Waals surface area contributed by atoms with Crippen LogP contribution in [0.4, 0.5) is 4.39 Å². The van der Waals surface area contributed by atoms with Gasteiger partial charge < -0.3 is 4.74 Å². The van der Waals surface area contributed by atoms with E-state index in [-0.39, 0.29) is 5.82 Å². The number of benzene rings is 2. The summed E-state index contributed by atoms with van der Waals surface area (Å²) in [5.74, 6) is 1.99. The van der Waals surface area contributed by atoms with Gasteiger partial charge in [0.05, 0.1) is 5.56 Å². The molecule has 27 heavy (non-hydrogen) atoms. The van der Waals surface area contributed by atoms with Crippen LogP contribution >= 0.6 is 0 Å². The molecule has 0 saturated heterocycles. The lowest BCUT2D eigenvalue weighted by Crippen LogP contribution is -2.21. The van der Waals surface area contributed by atoms with E-state index < -0.39 is 5.97 Å². The molecule has 0 amide bonds. The monoisotopic (exact) mass is 368 g/mol. The van der Waals surface area contributed by atoms with E-state index in [2.05, 4.69) is 13.8 Å². The van der Waals surface area contributed by atoms with E-state index in [1.54, 1.807) is 0 Å². The molecule has 2 aromatic carbocycles. The Kier molecular flexibility index (Phi) is 6.65. The van der Waals surface area contributed by atoms with Gasteiger partial charge >= 0.3 is 5.97 Å². The van der Waals surface area contributed by atoms with E-state index in [1.165, 1.54) is 61.9 Å². The Hall–Kier alpha value is -2.16. The van der Waals surface area contributed by atoms with Crippen molar-refractivity contribution >= 4 is 5.97 Å². The Labute approximate surface area is 161 Å². The predicted molar refractivity (Wildman–Crippen MR) is 106 cm³/mol. The van der Waals surface area contributed by atoms with Crippen LogP contribution in [0.5, 0.6) is 5.75 Å². The number of carbonyl (C=O) groups is 1. The first-order valence-corrected chi connectivity index (χ1v) is 10.1. The van der Waals surface area contributed by atoms with Crippen LogP contribution in [-0.2, 0) is 6.42 Å². The Morgan fingerprint density at radius 1 is 1.04 bits per heavy atom. The average Bonchev–Trinajstić information content (AvgIpc) is 2.70. The molecule has 0 aromatic heterocycles. The van der Waals surface area contributed by atoms with E-state index >= 15 is 0 Å². The summed E-state index contributed by atoms with van der Waals surface area (Å²) in [6.07, 6.45) is 7.81. The predicted octanol–water partition coefficient (Wildman–Crippen LogP) is 6.44. The van der Waals surface area contributed by atoms with Gasteiger partial charge in [-0.05, 0) is 79.0 Å². The molecule has 0 heterocycles. The summed E-state index contributed by atoms with van der Waals surface area (Å²) in [5.41, 5.74) is 1.78. The van der Waals surface area contributed by atoms with Gasteiger partial charge in [-0.3, -0.25) is 0 Å². The van der Waals surface area contributed by atoms with Gasteiger partial charge in [-0.2, -0.15) is 0 Å². The molecule has 0 bridgehead atoms. The van der Waals surface area contributed by atoms with E-state index in [0.717, 1.165) is 18.3 Å². The highest BCUT2D eigenvalue weighted by atomic mass is 19.1. The summed E-state index contributed by atoms with van der Waals surface area (Å²) in [6, 6.07) is 13.2.